The Hall–Kier alpha value is -2.09. The fraction of sp³-hybridized carbons (Fsp3) is 0.556. The van der Waals surface area contributed by atoms with Crippen molar-refractivity contribution in [2.45, 2.75) is 63.5 Å². The number of benzene rings is 1. The second-order valence-corrected chi connectivity index (χ2v) is 9.26. The highest BCUT2D eigenvalue weighted by molar-refractivity contribution is 7.89. The molecule has 2 rings (SSSR count). The van der Waals surface area contributed by atoms with Crippen molar-refractivity contribution in [2.75, 3.05) is 6.54 Å². The van der Waals surface area contributed by atoms with E-state index in [1.165, 1.54) is 12.1 Å². The minimum Gasteiger partial charge on any atom is -0.443 e. The maximum atomic E-state index is 13.2. The Morgan fingerprint density at radius 2 is 1.85 bits per heavy atom. The fourth-order valence-corrected chi connectivity index (χ4v) is 4.24. The minimum atomic E-state index is -4.15. The van der Waals surface area contributed by atoms with Gasteiger partial charge in [-0.1, -0.05) is 17.7 Å². The predicted octanol–water partition coefficient (Wildman–Crippen LogP) is 2.59. The normalized spacial score (nSPS) is 18.6. The summed E-state index contributed by atoms with van der Waals surface area (Å²) in [5, 5.41) is 2.70. The number of carbonyl (C=O) groups excluding carboxylic acids is 2. The number of aryl methyl sites for hydroxylation is 1. The van der Waals surface area contributed by atoms with Crippen LogP contribution in [0.4, 0.5) is 4.79 Å². The van der Waals surface area contributed by atoms with Crippen molar-refractivity contribution in [3.8, 4) is 0 Å². The molecule has 0 saturated carbocycles. The molecule has 0 aromatic heterocycles. The summed E-state index contributed by atoms with van der Waals surface area (Å²) in [5.74, 6) is -0.278. The van der Waals surface area contributed by atoms with E-state index in [1.54, 1.807) is 32.9 Å². The van der Waals surface area contributed by atoms with Gasteiger partial charge >= 0.3 is 6.09 Å². The predicted molar refractivity (Wildman–Crippen MR) is 97.1 cm³/mol. The lowest BCUT2D eigenvalue weighted by Gasteiger charge is -2.31. The van der Waals surface area contributed by atoms with Crippen LogP contribution in [0.25, 0.3) is 0 Å². The molecule has 144 valence electrons. The van der Waals surface area contributed by atoms with Gasteiger partial charge in [0.15, 0.2) is 0 Å². The average molecular weight is 382 g/mol. The molecule has 0 aliphatic carbocycles. The van der Waals surface area contributed by atoms with Gasteiger partial charge in [-0.2, -0.15) is 4.31 Å². The van der Waals surface area contributed by atoms with Gasteiger partial charge in [0.25, 0.3) is 10.0 Å². The zero-order valence-corrected chi connectivity index (χ0v) is 16.4. The third-order valence-corrected chi connectivity index (χ3v) is 5.77. The smallest absolute Gasteiger partial charge is 0.424 e. The summed E-state index contributed by atoms with van der Waals surface area (Å²) >= 11 is 0. The number of ether oxygens (including phenoxy) is 1. The van der Waals surface area contributed by atoms with Gasteiger partial charge in [-0.3, -0.25) is 4.79 Å². The Labute approximate surface area is 154 Å². The Morgan fingerprint density at radius 1 is 1.23 bits per heavy atom. The molecule has 1 atom stereocenters. The average Bonchev–Trinajstić information content (AvgIpc) is 2.70. The van der Waals surface area contributed by atoms with E-state index in [2.05, 4.69) is 5.32 Å². The van der Waals surface area contributed by atoms with E-state index in [0.717, 1.165) is 9.87 Å². The Kier molecular flexibility index (Phi) is 5.95. The molecule has 1 heterocycles. The Morgan fingerprint density at radius 3 is 2.42 bits per heavy atom. The van der Waals surface area contributed by atoms with Crippen molar-refractivity contribution in [1.29, 1.82) is 0 Å². The third-order valence-electron chi connectivity index (χ3n) is 3.94. The number of hydrogen-bond donors (Lipinski definition) is 1. The number of carbonyl (C=O) groups is 2. The molecule has 26 heavy (non-hydrogen) atoms. The lowest BCUT2D eigenvalue weighted by atomic mass is 10.1. The van der Waals surface area contributed by atoms with Gasteiger partial charge in [0.2, 0.25) is 5.91 Å². The zero-order valence-electron chi connectivity index (χ0n) is 15.6. The van der Waals surface area contributed by atoms with Crippen molar-refractivity contribution in [1.82, 2.24) is 9.62 Å². The van der Waals surface area contributed by atoms with Crippen LogP contribution in [0, 0.1) is 6.92 Å². The molecule has 1 fully saturated rings. The van der Waals surface area contributed by atoms with Crippen LogP contribution >= 0.6 is 0 Å². The van der Waals surface area contributed by atoms with Crippen molar-refractivity contribution in [2.24, 2.45) is 0 Å². The molecule has 8 heteroatoms. The summed E-state index contributed by atoms with van der Waals surface area (Å²) in [5.41, 5.74) is 0.0482. The van der Waals surface area contributed by atoms with Gasteiger partial charge < -0.3 is 10.1 Å². The highest BCUT2D eigenvalue weighted by atomic mass is 32.2. The zero-order chi connectivity index (χ0) is 19.5. The second kappa shape index (κ2) is 7.65. The van der Waals surface area contributed by atoms with E-state index >= 15 is 0 Å². The maximum Gasteiger partial charge on any atom is 0.424 e. The molecule has 1 aromatic rings. The molecule has 1 aromatic carbocycles. The van der Waals surface area contributed by atoms with Crippen LogP contribution in [-0.4, -0.2) is 42.9 Å². The summed E-state index contributed by atoms with van der Waals surface area (Å²) in [7, 11) is -4.15. The van der Waals surface area contributed by atoms with Gasteiger partial charge in [0, 0.05) is 13.0 Å². The molecular weight excluding hydrogens is 356 g/mol. The van der Waals surface area contributed by atoms with Gasteiger partial charge in [0.1, 0.15) is 5.60 Å². The van der Waals surface area contributed by atoms with Crippen LogP contribution in [-0.2, 0) is 19.6 Å². The first-order valence-electron chi connectivity index (χ1n) is 8.61. The molecule has 1 N–H and O–H groups in total. The first-order chi connectivity index (χ1) is 12.0. The first-order valence-corrected chi connectivity index (χ1v) is 10.1. The van der Waals surface area contributed by atoms with Crippen LogP contribution in [0.5, 0.6) is 0 Å². The molecule has 0 spiro atoms. The fourth-order valence-electron chi connectivity index (χ4n) is 2.73. The van der Waals surface area contributed by atoms with E-state index in [0.29, 0.717) is 19.4 Å². The van der Waals surface area contributed by atoms with Gasteiger partial charge in [-0.25, -0.2) is 13.2 Å². The molecule has 1 aliphatic rings. The Balaban J connectivity index is 2.46. The summed E-state index contributed by atoms with van der Waals surface area (Å²) in [6, 6.07) is 5.47. The lowest BCUT2D eigenvalue weighted by Crippen LogP contribution is -2.47. The van der Waals surface area contributed by atoms with E-state index in [-0.39, 0.29) is 17.2 Å². The van der Waals surface area contributed by atoms with E-state index < -0.39 is 27.8 Å². The number of sulfonamides is 1. The number of amides is 2. The van der Waals surface area contributed by atoms with Crippen LogP contribution in [0.2, 0.25) is 0 Å². The third kappa shape index (κ3) is 4.97. The monoisotopic (exact) mass is 382 g/mol. The second-order valence-electron chi connectivity index (χ2n) is 7.44. The molecule has 1 aliphatic heterocycles. The van der Waals surface area contributed by atoms with Gasteiger partial charge in [-0.05, 0) is 52.7 Å². The number of nitrogens with one attached hydrogen (secondary N) is 1. The number of hydrogen-bond acceptors (Lipinski definition) is 5. The van der Waals surface area contributed by atoms with Crippen molar-refractivity contribution in [3.63, 3.8) is 0 Å². The summed E-state index contributed by atoms with van der Waals surface area (Å²) in [6.07, 6.45) is -0.0650. The van der Waals surface area contributed by atoms with Crippen molar-refractivity contribution in [3.05, 3.63) is 29.8 Å². The largest absolute Gasteiger partial charge is 0.443 e. The molecule has 7 nitrogen and oxygen atoms in total. The van der Waals surface area contributed by atoms with Crippen LogP contribution in [0.15, 0.2) is 29.2 Å². The summed E-state index contributed by atoms with van der Waals surface area (Å²) in [6.45, 7) is 7.31. The molecule has 0 bridgehead atoms. The van der Waals surface area contributed by atoms with Crippen LogP contribution in [0.1, 0.15) is 45.6 Å². The van der Waals surface area contributed by atoms with E-state index in [4.69, 9.17) is 4.74 Å². The van der Waals surface area contributed by atoms with Crippen molar-refractivity contribution < 1.29 is 22.7 Å². The molecule has 1 saturated heterocycles. The first kappa shape index (κ1) is 20.2. The van der Waals surface area contributed by atoms with Crippen LogP contribution < -0.4 is 5.32 Å². The summed E-state index contributed by atoms with van der Waals surface area (Å²) < 4.78 is 32.4. The molecule has 2 amide bonds. The number of nitrogens with zero attached hydrogens (tertiary/aromatic N) is 1. The lowest BCUT2D eigenvalue weighted by molar-refractivity contribution is -0.121. The van der Waals surface area contributed by atoms with Crippen LogP contribution in [0.3, 0.4) is 0 Å². The van der Waals surface area contributed by atoms with E-state index in [9.17, 15) is 18.0 Å². The minimum absolute atomic E-state index is 0.00128. The quantitative estimate of drug-likeness (QED) is 0.867. The number of rotatable bonds is 3. The molecule has 0 unspecified atom stereocenters. The van der Waals surface area contributed by atoms with Crippen molar-refractivity contribution >= 4 is 22.0 Å². The highest BCUT2D eigenvalue weighted by Crippen LogP contribution is 2.26. The maximum absolute atomic E-state index is 13.2. The van der Waals surface area contributed by atoms with E-state index in [1.807, 2.05) is 6.92 Å². The standard InChI is InChI=1S/C18H26N2O5S/c1-13-7-9-15(10-8-13)26(23,24)20(17(22)25-18(2,3)4)14-6-5-11-19-16(21)12-14/h7-10,14H,5-6,11-12H2,1-4H3,(H,19,21)/t14-/m0/s1. The molecular formula is C18H26N2O5S. The Bertz CT molecular complexity index is 766. The topological polar surface area (TPSA) is 92.8 Å². The molecule has 0 radical (unpaired) electrons. The SMILES string of the molecule is Cc1ccc(S(=O)(=O)N(C(=O)OC(C)(C)C)[C@H]2CCCNC(=O)C2)cc1. The van der Waals surface area contributed by atoms with Gasteiger partial charge in [0.05, 0.1) is 10.9 Å². The highest BCUT2D eigenvalue weighted by Gasteiger charge is 2.40. The summed E-state index contributed by atoms with van der Waals surface area (Å²) in [4.78, 5) is 24.7. The van der Waals surface area contributed by atoms with Gasteiger partial charge in [-0.15, -0.1) is 0 Å².